The Labute approximate surface area is 190 Å². The molecule has 168 valence electrons. The predicted octanol–water partition coefficient (Wildman–Crippen LogP) is 4.43. The van der Waals surface area contributed by atoms with Crippen molar-refractivity contribution in [2.45, 2.75) is 32.2 Å². The molecule has 1 aromatic carbocycles. The van der Waals surface area contributed by atoms with Gasteiger partial charge in [0.2, 0.25) is 0 Å². The summed E-state index contributed by atoms with van der Waals surface area (Å²) in [4.78, 5) is 11.5. The molecule has 1 unspecified atom stereocenters. The van der Waals surface area contributed by atoms with Crippen LogP contribution in [0.3, 0.4) is 0 Å². The van der Waals surface area contributed by atoms with Crippen LogP contribution in [0.4, 0.5) is 5.69 Å². The molecule has 3 aromatic rings. The van der Waals surface area contributed by atoms with Gasteiger partial charge in [-0.3, -0.25) is 9.98 Å². The third-order valence-corrected chi connectivity index (χ3v) is 6.05. The zero-order valence-electron chi connectivity index (χ0n) is 18.8. The summed E-state index contributed by atoms with van der Waals surface area (Å²) in [5, 5.41) is 7.07. The number of nitrogens with zero attached hydrogens (tertiary/aromatic N) is 3. The van der Waals surface area contributed by atoms with Gasteiger partial charge in [0.1, 0.15) is 5.76 Å². The van der Waals surface area contributed by atoms with Gasteiger partial charge >= 0.3 is 0 Å². The van der Waals surface area contributed by atoms with E-state index in [0.29, 0.717) is 5.92 Å². The van der Waals surface area contributed by atoms with Crippen molar-refractivity contribution in [2.75, 3.05) is 31.1 Å². The average Bonchev–Trinajstić information content (AvgIpc) is 3.37. The van der Waals surface area contributed by atoms with Gasteiger partial charge in [-0.1, -0.05) is 30.3 Å². The molecule has 0 bridgehead atoms. The van der Waals surface area contributed by atoms with Crippen LogP contribution in [-0.4, -0.2) is 37.1 Å². The maximum Gasteiger partial charge on any atom is 0.191 e. The molecule has 2 N–H and O–H groups in total. The number of piperidine rings is 1. The average molecular weight is 432 g/mol. The maximum atomic E-state index is 5.46. The van der Waals surface area contributed by atoms with Crippen LogP contribution in [0, 0.1) is 5.92 Å². The lowest BCUT2D eigenvalue weighted by molar-refractivity contribution is 0.414. The fourth-order valence-corrected chi connectivity index (χ4v) is 4.09. The number of guanidine groups is 1. The van der Waals surface area contributed by atoms with Crippen LogP contribution < -0.4 is 15.5 Å². The molecular formula is C26H33N5O. The van der Waals surface area contributed by atoms with Gasteiger partial charge in [0.05, 0.1) is 12.3 Å². The van der Waals surface area contributed by atoms with Gasteiger partial charge in [-0.25, -0.2) is 0 Å². The quantitative estimate of drug-likeness (QED) is 0.408. The summed E-state index contributed by atoms with van der Waals surface area (Å²) in [5.74, 6) is 2.45. The normalized spacial score (nSPS) is 16.0. The highest BCUT2D eigenvalue weighted by Gasteiger charge is 2.19. The molecule has 1 atom stereocenters. The van der Waals surface area contributed by atoms with Crippen LogP contribution in [0.5, 0.6) is 0 Å². The third kappa shape index (κ3) is 6.36. The van der Waals surface area contributed by atoms with Crippen molar-refractivity contribution in [3.05, 3.63) is 84.6 Å². The van der Waals surface area contributed by atoms with E-state index in [2.05, 4.69) is 63.8 Å². The summed E-state index contributed by atoms with van der Waals surface area (Å²) in [6, 6.07) is 18.8. The number of nitrogens with one attached hydrogen (secondary N) is 2. The Kier molecular flexibility index (Phi) is 7.79. The molecule has 32 heavy (non-hydrogen) atoms. The van der Waals surface area contributed by atoms with Crippen molar-refractivity contribution in [3.63, 3.8) is 0 Å². The Morgan fingerprint density at radius 1 is 1.09 bits per heavy atom. The molecule has 6 heteroatoms. The van der Waals surface area contributed by atoms with E-state index in [1.807, 2.05) is 30.6 Å². The highest BCUT2D eigenvalue weighted by molar-refractivity contribution is 5.80. The van der Waals surface area contributed by atoms with Gasteiger partial charge in [0.15, 0.2) is 5.96 Å². The Morgan fingerprint density at radius 2 is 1.88 bits per heavy atom. The zero-order valence-corrected chi connectivity index (χ0v) is 18.8. The summed E-state index contributed by atoms with van der Waals surface area (Å²) in [5.41, 5.74) is 2.51. The lowest BCUT2D eigenvalue weighted by atomic mass is 9.96. The van der Waals surface area contributed by atoms with Gasteiger partial charge in [0, 0.05) is 50.7 Å². The van der Waals surface area contributed by atoms with Crippen LogP contribution in [0.2, 0.25) is 0 Å². The number of anilines is 1. The summed E-state index contributed by atoms with van der Waals surface area (Å²) in [7, 11) is 0. The first-order valence-electron chi connectivity index (χ1n) is 11.5. The first-order chi connectivity index (χ1) is 15.8. The fourth-order valence-electron chi connectivity index (χ4n) is 4.09. The van der Waals surface area contributed by atoms with Gasteiger partial charge < -0.3 is 20.0 Å². The number of furan rings is 1. The minimum Gasteiger partial charge on any atom is -0.469 e. The lowest BCUT2D eigenvalue weighted by Gasteiger charge is -2.33. The largest absolute Gasteiger partial charge is 0.469 e. The molecule has 4 rings (SSSR count). The minimum absolute atomic E-state index is 0.180. The van der Waals surface area contributed by atoms with Crippen LogP contribution in [0.1, 0.15) is 37.1 Å². The molecule has 0 amide bonds. The van der Waals surface area contributed by atoms with Gasteiger partial charge in [-0.15, -0.1) is 0 Å². The number of hydrogen-bond acceptors (Lipinski definition) is 4. The molecule has 0 saturated carbocycles. The molecule has 1 aliphatic rings. The van der Waals surface area contributed by atoms with E-state index in [1.165, 1.54) is 11.3 Å². The lowest BCUT2D eigenvalue weighted by Crippen LogP contribution is -2.40. The van der Waals surface area contributed by atoms with E-state index in [0.717, 1.165) is 57.2 Å². The van der Waals surface area contributed by atoms with Crippen LogP contribution >= 0.6 is 0 Å². The van der Waals surface area contributed by atoms with Crippen molar-refractivity contribution in [1.29, 1.82) is 0 Å². The number of pyridine rings is 1. The third-order valence-electron chi connectivity index (χ3n) is 6.05. The molecule has 0 spiro atoms. The molecule has 3 heterocycles. The Morgan fingerprint density at radius 3 is 2.59 bits per heavy atom. The molecule has 0 radical (unpaired) electrons. The maximum absolute atomic E-state index is 5.46. The number of rotatable bonds is 8. The van der Waals surface area contributed by atoms with Gasteiger partial charge in [0.25, 0.3) is 0 Å². The van der Waals surface area contributed by atoms with Gasteiger partial charge in [-0.05, 0) is 55.5 Å². The van der Waals surface area contributed by atoms with Gasteiger partial charge in [-0.2, -0.15) is 0 Å². The minimum atomic E-state index is 0.180. The second-order valence-electron chi connectivity index (χ2n) is 8.36. The smallest absolute Gasteiger partial charge is 0.191 e. The number of hydrogen-bond donors (Lipinski definition) is 2. The van der Waals surface area contributed by atoms with E-state index in [-0.39, 0.29) is 6.04 Å². The standard InChI is InChI=1S/C26H33N5O/c1-21(23-6-3-2-4-7-23)30-26(28-16-11-25-8-5-19-32-25)29-20-22-12-17-31(18-13-22)24-9-14-27-15-10-24/h2-10,14-15,19,21-22H,11-13,16-18,20H2,1H3,(H2,28,29,30). The number of aliphatic imine (C=N–C) groups is 1. The Hall–Kier alpha value is -3.28. The highest BCUT2D eigenvalue weighted by atomic mass is 16.3. The van der Waals surface area contributed by atoms with Crippen molar-refractivity contribution >= 4 is 11.6 Å². The molecule has 6 nitrogen and oxygen atoms in total. The summed E-state index contributed by atoms with van der Waals surface area (Å²) >= 11 is 0. The fraction of sp³-hybridized carbons (Fsp3) is 0.385. The zero-order chi connectivity index (χ0) is 22.0. The SMILES string of the molecule is CC(NC(=NCC1CCN(c2ccncc2)CC1)NCCc1ccco1)c1ccccc1. The summed E-state index contributed by atoms with van der Waals surface area (Å²) < 4.78 is 5.46. The van der Waals surface area contributed by atoms with E-state index in [9.17, 15) is 0 Å². The summed E-state index contributed by atoms with van der Waals surface area (Å²) in [6.45, 7) is 5.92. The number of benzene rings is 1. The van der Waals surface area contributed by atoms with E-state index >= 15 is 0 Å². The Bertz CT molecular complexity index is 935. The van der Waals surface area contributed by atoms with Crippen LogP contribution in [-0.2, 0) is 6.42 Å². The molecule has 1 fully saturated rings. The topological polar surface area (TPSA) is 65.7 Å². The van der Waals surface area contributed by atoms with E-state index in [1.54, 1.807) is 6.26 Å². The van der Waals surface area contributed by atoms with E-state index < -0.39 is 0 Å². The first kappa shape index (κ1) is 21.9. The van der Waals surface area contributed by atoms with Crippen molar-refractivity contribution < 1.29 is 4.42 Å². The van der Waals surface area contributed by atoms with E-state index in [4.69, 9.17) is 9.41 Å². The second kappa shape index (κ2) is 11.4. The predicted molar refractivity (Wildman–Crippen MR) is 130 cm³/mol. The monoisotopic (exact) mass is 431 g/mol. The molecule has 1 saturated heterocycles. The van der Waals surface area contributed by atoms with Crippen LogP contribution in [0.15, 0.2) is 82.7 Å². The molecular weight excluding hydrogens is 398 g/mol. The first-order valence-corrected chi connectivity index (χ1v) is 11.5. The van der Waals surface area contributed by atoms with Crippen molar-refractivity contribution in [2.24, 2.45) is 10.9 Å². The highest BCUT2D eigenvalue weighted by Crippen LogP contribution is 2.23. The molecule has 0 aliphatic carbocycles. The number of aromatic nitrogens is 1. The van der Waals surface area contributed by atoms with Crippen LogP contribution in [0.25, 0.3) is 0 Å². The second-order valence-corrected chi connectivity index (χ2v) is 8.36. The van der Waals surface area contributed by atoms with Crippen molar-refractivity contribution in [3.8, 4) is 0 Å². The Balaban J connectivity index is 1.33. The van der Waals surface area contributed by atoms with Crippen molar-refractivity contribution in [1.82, 2.24) is 15.6 Å². The summed E-state index contributed by atoms with van der Waals surface area (Å²) in [6.07, 6.45) is 8.59. The molecule has 1 aliphatic heterocycles. The molecule has 2 aromatic heterocycles.